The van der Waals surface area contributed by atoms with E-state index in [9.17, 15) is 0 Å². The maximum atomic E-state index is 6.25. The zero-order valence-corrected chi connectivity index (χ0v) is 9.03. The molecule has 1 rings (SSSR count). The third kappa shape index (κ3) is 4.61. The summed E-state index contributed by atoms with van der Waals surface area (Å²) in [5.41, 5.74) is 1.42. The van der Waals surface area contributed by atoms with E-state index in [-0.39, 0.29) is 0 Å². The highest BCUT2D eigenvalue weighted by Crippen LogP contribution is 1.95. The summed E-state index contributed by atoms with van der Waals surface area (Å²) < 4.78 is 2.25. The molecule has 0 fully saturated rings. The Labute approximate surface area is 86.8 Å². The zero-order valence-electron chi connectivity index (χ0n) is 9.03. The van der Waals surface area contributed by atoms with Crippen LogP contribution in [0.15, 0.2) is 24.5 Å². The van der Waals surface area contributed by atoms with Crippen LogP contribution in [0.5, 0.6) is 0 Å². The summed E-state index contributed by atoms with van der Waals surface area (Å²) in [7, 11) is 0. The van der Waals surface area contributed by atoms with Gasteiger partial charge in [-0.2, -0.15) is 0 Å². The molecular weight excluding hydrogens is 172 g/mol. The molecule has 0 aliphatic heterocycles. The maximum Gasteiger partial charge on any atom is 0.169 e. The van der Waals surface area contributed by atoms with Crippen LogP contribution in [-0.4, -0.2) is 0 Å². The molecule has 0 saturated carbocycles. The number of aryl methyl sites for hydroxylation is 2. The van der Waals surface area contributed by atoms with Crippen LogP contribution >= 0.6 is 0 Å². The largest absolute Gasteiger partial charge is 0.512 e. The van der Waals surface area contributed by atoms with Gasteiger partial charge in [-0.15, -0.1) is 0 Å². The lowest BCUT2D eigenvalue weighted by atomic mass is 10.2. The first-order valence-electron chi connectivity index (χ1n) is 5.07. The Morgan fingerprint density at radius 3 is 2.21 bits per heavy atom. The van der Waals surface area contributed by atoms with Crippen molar-refractivity contribution in [3.8, 4) is 0 Å². The molecule has 0 saturated heterocycles. The molecule has 2 heteroatoms. The van der Waals surface area contributed by atoms with Crippen molar-refractivity contribution in [1.82, 2.24) is 0 Å². The van der Waals surface area contributed by atoms with E-state index in [4.69, 9.17) is 11.8 Å². The summed E-state index contributed by atoms with van der Waals surface area (Å²) in [4.78, 5) is 0. The molecule has 0 aliphatic carbocycles. The van der Waals surface area contributed by atoms with Crippen LogP contribution in [0.1, 0.15) is 32.3 Å². The SMILES string of the molecule is CCCC[n+]1ccc(CC)cc1.[C-]#N. The van der Waals surface area contributed by atoms with Gasteiger partial charge < -0.3 is 11.8 Å². The van der Waals surface area contributed by atoms with Crippen molar-refractivity contribution >= 4 is 0 Å². The van der Waals surface area contributed by atoms with Crippen molar-refractivity contribution in [2.75, 3.05) is 0 Å². The van der Waals surface area contributed by atoms with E-state index < -0.39 is 0 Å². The minimum absolute atomic E-state index is 1.13. The smallest absolute Gasteiger partial charge is 0.169 e. The van der Waals surface area contributed by atoms with Crippen molar-refractivity contribution < 1.29 is 4.57 Å². The van der Waals surface area contributed by atoms with E-state index in [1.807, 2.05) is 0 Å². The molecule has 2 nitrogen and oxygen atoms in total. The Morgan fingerprint density at radius 1 is 1.21 bits per heavy atom. The van der Waals surface area contributed by atoms with E-state index in [1.54, 1.807) is 0 Å². The molecule has 0 aliphatic rings. The number of hydrogen-bond donors (Lipinski definition) is 0. The Bertz CT molecular complexity index is 249. The van der Waals surface area contributed by atoms with Gasteiger partial charge in [0.25, 0.3) is 0 Å². The molecule has 0 bridgehead atoms. The molecule has 1 aromatic rings. The van der Waals surface area contributed by atoms with Gasteiger partial charge in [-0.05, 0) is 12.0 Å². The van der Waals surface area contributed by atoms with Crippen LogP contribution in [0.25, 0.3) is 0 Å². The summed E-state index contributed by atoms with van der Waals surface area (Å²) in [6, 6.07) is 4.41. The van der Waals surface area contributed by atoms with Crippen LogP contribution in [0.2, 0.25) is 0 Å². The van der Waals surface area contributed by atoms with Crippen molar-refractivity contribution in [1.29, 1.82) is 5.26 Å². The Hall–Kier alpha value is -1.36. The average molecular weight is 190 g/mol. The minimum Gasteiger partial charge on any atom is -0.512 e. The molecular formula is C12H18N2. The maximum absolute atomic E-state index is 6.25. The average Bonchev–Trinajstić information content (AvgIpc) is 2.30. The first-order chi connectivity index (χ1) is 6.86. The molecule has 0 amide bonds. The number of pyridine rings is 1. The molecule has 0 radical (unpaired) electrons. The topological polar surface area (TPSA) is 27.7 Å². The molecule has 0 unspecified atom stereocenters. The first-order valence-corrected chi connectivity index (χ1v) is 5.07. The fourth-order valence-corrected chi connectivity index (χ4v) is 1.21. The Morgan fingerprint density at radius 2 is 1.79 bits per heavy atom. The van der Waals surface area contributed by atoms with E-state index in [2.05, 4.69) is 42.9 Å². The predicted molar refractivity (Wildman–Crippen MR) is 55.9 cm³/mol. The minimum atomic E-state index is 1.13. The second kappa shape index (κ2) is 8.25. The number of nitrogens with zero attached hydrogens (tertiary/aromatic N) is 2. The second-order valence-electron chi connectivity index (χ2n) is 3.15. The van der Waals surface area contributed by atoms with Crippen molar-refractivity contribution in [3.63, 3.8) is 0 Å². The molecule has 0 aromatic carbocycles. The molecule has 14 heavy (non-hydrogen) atoms. The molecule has 76 valence electrons. The van der Waals surface area contributed by atoms with Gasteiger partial charge in [-0.1, -0.05) is 20.3 Å². The Kier molecular flexibility index (Phi) is 7.45. The van der Waals surface area contributed by atoms with Gasteiger partial charge in [0.15, 0.2) is 12.4 Å². The van der Waals surface area contributed by atoms with Crippen molar-refractivity contribution in [2.45, 2.75) is 39.7 Å². The monoisotopic (exact) mass is 190 g/mol. The Balaban J connectivity index is 0.000000791. The van der Waals surface area contributed by atoms with Crippen LogP contribution in [0.4, 0.5) is 0 Å². The standard InChI is InChI=1S/C11H18N.CN/c1-3-5-8-12-9-6-11(4-2)7-10-12;1-2/h6-7,9-10H,3-5,8H2,1-2H3;/q+1;-1. The van der Waals surface area contributed by atoms with Gasteiger partial charge in [-0.25, -0.2) is 4.57 Å². The predicted octanol–water partition coefficient (Wildman–Crippen LogP) is 2.43. The first kappa shape index (κ1) is 12.6. The van der Waals surface area contributed by atoms with Gasteiger partial charge in [0.05, 0.1) is 0 Å². The van der Waals surface area contributed by atoms with Crippen LogP contribution < -0.4 is 4.57 Å². The van der Waals surface area contributed by atoms with Gasteiger partial charge in [-0.3, -0.25) is 0 Å². The number of rotatable bonds is 4. The fraction of sp³-hybridized carbons (Fsp3) is 0.500. The number of aromatic nitrogens is 1. The molecule has 0 atom stereocenters. The highest BCUT2D eigenvalue weighted by molar-refractivity contribution is 5.06. The van der Waals surface area contributed by atoms with Gasteiger partial charge in [0.2, 0.25) is 0 Å². The van der Waals surface area contributed by atoms with Crippen LogP contribution in [-0.2, 0) is 13.0 Å². The molecule has 1 aromatic heterocycles. The summed E-state index contributed by atoms with van der Waals surface area (Å²) in [5, 5.41) is 6.25. The van der Waals surface area contributed by atoms with Crippen molar-refractivity contribution in [2.24, 2.45) is 0 Å². The lowest BCUT2D eigenvalue weighted by Gasteiger charge is -1.96. The lowest BCUT2D eigenvalue weighted by molar-refractivity contribution is -0.697. The van der Waals surface area contributed by atoms with Crippen LogP contribution in [0, 0.1) is 11.8 Å². The molecule has 0 N–H and O–H groups in total. The van der Waals surface area contributed by atoms with E-state index in [0.717, 1.165) is 13.0 Å². The van der Waals surface area contributed by atoms with E-state index in [1.165, 1.54) is 18.4 Å². The third-order valence-corrected chi connectivity index (χ3v) is 2.14. The third-order valence-electron chi connectivity index (χ3n) is 2.14. The molecule has 0 spiro atoms. The second-order valence-corrected chi connectivity index (χ2v) is 3.15. The van der Waals surface area contributed by atoms with E-state index in [0.29, 0.717) is 0 Å². The highest BCUT2D eigenvalue weighted by Gasteiger charge is 1.97. The summed E-state index contributed by atoms with van der Waals surface area (Å²) in [5.74, 6) is 0. The lowest BCUT2D eigenvalue weighted by Crippen LogP contribution is -2.32. The van der Waals surface area contributed by atoms with E-state index >= 15 is 0 Å². The van der Waals surface area contributed by atoms with Crippen LogP contribution in [0.3, 0.4) is 0 Å². The summed E-state index contributed by atoms with van der Waals surface area (Å²) >= 11 is 0. The van der Waals surface area contributed by atoms with Gasteiger partial charge in [0, 0.05) is 18.6 Å². The summed E-state index contributed by atoms with van der Waals surface area (Å²) in [6.45, 7) is 10.3. The van der Waals surface area contributed by atoms with Crippen molar-refractivity contribution in [3.05, 3.63) is 36.7 Å². The van der Waals surface area contributed by atoms with Gasteiger partial charge >= 0.3 is 0 Å². The quantitative estimate of drug-likeness (QED) is 0.529. The van der Waals surface area contributed by atoms with Gasteiger partial charge in [0.1, 0.15) is 6.54 Å². The zero-order chi connectivity index (χ0) is 10.8. The number of unbranched alkanes of at least 4 members (excludes halogenated alkanes) is 1. The highest BCUT2D eigenvalue weighted by atomic mass is 14.9. The normalized spacial score (nSPS) is 8.86. The molecule has 1 heterocycles. The summed E-state index contributed by atoms with van der Waals surface area (Å²) in [6.07, 6.45) is 8.02. The fourth-order valence-electron chi connectivity index (χ4n) is 1.21. The number of hydrogen-bond acceptors (Lipinski definition) is 1.